The van der Waals surface area contributed by atoms with Crippen LogP contribution in [0.15, 0.2) is 51.7 Å². The minimum Gasteiger partial charge on any atom is -0.492 e. The Labute approximate surface area is 132 Å². The molecule has 6 nitrogen and oxygen atoms in total. The number of fused-ring (bicyclic) bond motifs is 1. The highest BCUT2D eigenvalue weighted by atomic mass is 16.5. The number of oxazole rings is 1. The predicted molar refractivity (Wildman–Crippen MR) is 87.0 cm³/mol. The Balaban J connectivity index is 1.92. The van der Waals surface area contributed by atoms with Gasteiger partial charge in [-0.2, -0.15) is 0 Å². The van der Waals surface area contributed by atoms with E-state index in [0.717, 1.165) is 0 Å². The van der Waals surface area contributed by atoms with E-state index in [4.69, 9.17) is 9.15 Å². The number of para-hydroxylation sites is 2. The van der Waals surface area contributed by atoms with Gasteiger partial charge in [-0.05, 0) is 37.3 Å². The summed E-state index contributed by atoms with van der Waals surface area (Å²) >= 11 is 0. The number of rotatable bonds is 4. The lowest BCUT2D eigenvalue weighted by Gasteiger charge is -2.11. The maximum Gasteiger partial charge on any atom is 0.419 e. The van der Waals surface area contributed by atoms with Crippen LogP contribution in [0.1, 0.15) is 17.3 Å². The second-order valence-electron chi connectivity index (χ2n) is 4.99. The molecule has 0 unspecified atom stereocenters. The zero-order valence-corrected chi connectivity index (χ0v) is 12.8. The standard InChI is InChI=1S/C17H16N2O4/c1-3-22-14-7-5-4-6-12(14)18-16(20)11-8-9-15-13(10-11)19(2)17(21)23-15/h4-10H,3H2,1-2H3,(H,18,20). The van der Waals surface area contributed by atoms with Crippen LogP contribution in [0.2, 0.25) is 0 Å². The van der Waals surface area contributed by atoms with Gasteiger partial charge in [0.05, 0.1) is 17.8 Å². The largest absolute Gasteiger partial charge is 0.492 e. The van der Waals surface area contributed by atoms with E-state index in [1.54, 1.807) is 37.4 Å². The summed E-state index contributed by atoms with van der Waals surface area (Å²) < 4.78 is 11.9. The Morgan fingerprint density at radius 2 is 2.04 bits per heavy atom. The summed E-state index contributed by atoms with van der Waals surface area (Å²) in [4.78, 5) is 24.0. The zero-order chi connectivity index (χ0) is 16.4. The third-order valence-electron chi connectivity index (χ3n) is 3.49. The Kier molecular flexibility index (Phi) is 3.89. The SMILES string of the molecule is CCOc1ccccc1NC(=O)c1ccc2oc(=O)n(C)c2c1. The number of aryl methyl sites for hydroxylation is 1. The van der Waals surface area contributed by atoms with Gasteiger partial charge in [0.2, 0.25) is 0 Å². The first-order valence-corrected chi connectivity index (χ1v) is 7.23. The highest BCUT2D eigenvalue weighted by Crippen LogP contribution is 2.24. The average Bonchev–Trinajstić information content (AvgIpc) is 2.84. The second kappa shape index (κ2) is 6.00. The Morgan fingerprint density at radius 3 is 2.83 bits per heavy atom. The molecule has 0 radical (unpaired) electrons. The number of anilines is 1. The fraction of sp³-hybridized carbons (Fsp3) is 0.176. The zero-order valence-electron chi connectivity index (χ0n) is 12.8. The van der Waals surface area contributed by atoms with Gasteiger partial charge in [0.25, 0.3) is 5.91 Å². The fourth-order valence-corrected chi connectivity index (χ4v) is 2.31. The lowest BCUT2D eigenvalue weighted by Crippen LogP contribution is -2.13. The number of carbonyl (C=O) groups excluding carboxylic acids is 1. The van der Waals surface area contributed by atoms with Crippen molar-refractivity contribution in [2.45, 2.75) is 6.92 Å². The van der Waals surface area contributed by atoms with Crippen molar-refractivity contribution in [1.82, 2.24) is 4.57 Å². The van der Waals surface area contributed by atoms with Crippen LogP contribution in [0.5, 0.6) is 5.75 Å². The number of nitrogens with zero attached hydrogens (tertiary/aromatic N) is 1. The number of nitrogens with one attached hydrogen (secondary N) is 1. The molecule has 6 heteroatoms. The van der Waals surface area contributed by atoms with Crippen molar-refractivity contribution in [1.29, 1.82) is 0 Å². The first-order chi connectivity index (χ1) is 11.1. The molecule has 0 saturated heterocycles. The van der Waals surface area contributed by atoms with Gasteiger partial charge in [-0.3, -0.25) is 9.36 Å². The summed E-state index contributed by atoms with van der Waals surface area (Å²) in [5.41, 5.74) is 2.05. The molecule has 0 aliphatic carbocycles. The Morgan fingerprint density at radius 1 is 1.26 bits per heavy atom. The van der Waals surface area contributed by atoms with E-state index >= 15 is 0 Å². The van der Waals surface area contributed by atoms with Crippen molar-refractivity contribution in [3.63, 3.8) is 0 Å². The van der Waals surface area contributed by atoms with E-state index in [1.807, 2.05) is 19.1 Å². The number of hydrogen-bond acceptors (Lipinski definition) is 4. The molecule has 0 aliphatic heterocycles. The summed E-state index contributed by atoms with van der Waals surface area (Å²) in [6.45, 7) is 2.39. The first kappa shape index (κ1) is 14.9. The van der Waals surface area contributed by atoms with Crippen LogP contribution in [0, 0.1) is 0 Å². The predicted octanol–water partition coefficient (Wildman–Crippen LogP) is 2.78. The minimum absolute atomic E-state index is 0.285. The monoisotopic (exact) mass is 312 g/mol. The van der Waals surface area contributed by atoms with Gasteiger partial charge in [0.1, 0.15) is 5.75 Å². The van der Waals surface area contributed by atoms with Crippen LogP contribution in [0.4, 0.5) is 5.69 Å². The molecule has 0 atom stereocenters. The molecule has 0 bridgehead atoms. The minimum atomic E-state index is -0.459. The van der Waals surface area contributed by atoms with Gasteiger partial charge in [-0.25, -0.2) is 4.79 Å². The second-order valence-corrected chi connectivity index (χ2v) is 4.99. The van der Waals surface area contributed by atoms with Crippen molar-refractivity contribution in [3.05, 3.63) is 58.6 Å². The molecule has 0 aliphatic rings. The third-order valence-corrected chi connectivity index (χ3v) is 3.49. The summed E-state index contributed by atoms with van der Waals surface area (Å²) in [6, 6.07) is 12.1. The Bertz CT molecular complexity index is 924. The lowest BCUT2D eigenvalue weighted by molar-refractivity contribution is 0.102. The highest BCUT2D eigenvalue weighted by molar-refractivity contribution is 6.06. The van der Waals surface area contributed by atoms with Gasteiger partial charge in [-0.15, -0.1) is 0 Å². The van der Waals surface area contributed by atoms with Crippen LogP contribution in [-0.2, 0) is 7.05 Å². The number of ether oxygens (including phenoxy) is 1. The van der Waals surface area contributed by atoms with Crippen LogP contribution in [-0.4, -0.2) is 17.1 Å². The van der Waals surface area contributed by atoms with Gasteiger partial charge >= 0.3 is 5.76 Å². The molecule has 3 rings (SSSR count). The number of amides is 1. The van der Waals surface area contributed by atoms with E-state index in [-0.39, 0.29) is 5.91 Å². The molecule has 0 spiro atoms. The summed E-state index contributed by atoms with van der Waals surface area (Å²) in [5.74, 6) is -0.132. The molecule has 1 heterocycles. The molecule has 1 aromatic heterocycles. The van der Waals surface area contributed by atoms with Crippen LogP contribution >= 0.6 is 0 Å². The van der Waals surface area contributed by atoms with E-state index < -0.39 is 5.76 Å². The van der Waals surface area contributed by atoms with E-state index in [2.05, 4.69) is 5.32 Å². The third kappa shape index (κ3) is 2.83. The van der Waals surface area contributed by atoms with E-state index in [9.17, 15) is 9.59 Å². The number of hydrogen-bond donors (Lipinski definition) is 1. The lowest BCUT2D eigenvalue weighted by atomic mass is 10.2. The molecule has 23 heavy (non-hydrogen) atoms. The van der Waals surface area contributed by atoms with Crippen molar-refractivity contribution >= 4 is 22.7 Å². The van der Waals surface area contributed by atoms with Crippen LogP contribution in [0.3, 0.4) is 0 Å². The van der Waals surface area contributed by atoms with Gasteiger partial charge < -0.3 is 14.5 Å². The molecule has 118 valence electrons. The molecule has 2 aromatic carbocycles. The normalized spacial score (nSPS) is 10.7. The van der Waals surface area contributed by atoms with E-state index in [0.29, 0.717) is 34.7 Å². The summed E-state index contributed by atoms with van der Waals surface area (Å²) in [6.07, 6.45) is 0. The molecule has 1 amide bonds. The number of benzene rings is 2. The van der Waals surface area contributed by atoms with E-state index in [1.165, 1.54) is 4.57 Å². The fourth-order valence-electron chi connectivity index (χ4n) is 2.31. The molecule has 0 fully saturated rings. The number of carbonyl (C=O) groups is 1. The van der Waals surface area contributed by atoms with Crippen LogP contribution < -0.4 is 15.8 Å². The topological polar surface area (TPSA) is 73.5 Å². The van der Waals surface area contributed by atoms with Crippen molar-refractivity contribution < 1.29 is 13.9 Å². The number of aromatic nitrogens is 1. The van der Waals surface area contributed by atoms with Gasteiger partial charge in [0.15, 0.2) is 5.58 Å². The summed E-state index contributed by atoms with van der Waals surface area (Å²) in [5, 5.41) is 2.82. The highest BCUT2D eigenvalue weighted by Gasteiger charge is 2.13. The van der Waals surface area contributed by atoms with Crippen LogP contribution in [0.25, 0.3) is 11.1 Å². The van der Waals surface area contributed by atoms with Crippen molar-refractivity contribution in [2.24, 2.45) is 7.05 Å². The molecular formula is C17H16N2O4. The molecule has 1 N–H and O–H groups in total. The van der Waals surface area contributed by atoms with Gasteiger partial charge in [0, 0.05) is 12.6 Å². The first-order valence-electron chi connectivity index (χ1n) is 7.23. The van der Waals surface area contributed by atoms with Crippen molar-refractivity contribution in [3.8, 4) is 5.75 Å². The molecule has 3 aromatic rings. The van der Waals surface area contributed by atoms with Crippen molar-refractivity contribution in [2.75, 3.05) is 11.9 Å². The summed E-state index contributed by atoms with van der Waals surface area (Å²) in [7, 11) is 1.60. The molecule has 0 saturated carbocycles. The Hall–Kier alpha value is -3.02. The maximum atomic E-state index is 12.4. The quantitative estimate of drug-likeness (QED) is 0.804. The van der Waals surface area contributed by atoms with Gasteiger partial charge in [-0.1, -0.05) is 12.1 Å². The maximum absolute atomic E-state index is 12.4. The smallest absolute Gasteiger partial charge is 0.419 e. The molecular weight excluding hydrogens is 296 g/mol. The average molecular weight is 312 g/mol.